The molecule has 96 valence electrons. The van der Waals surface area contributed by atoms with Gasteiger partial charge in [0.15, 0.2) is 0 Å². The molecule has 1 amide bonds. The summed E-state index contributed by atoms with van der Waals surface area (Å²) in [7, 11) is 0. The SMILES string of the molecule is CSCC[C@H](N)C(=O)Nc1cccc(I)c1.Cl. The molecule has 1 rings (SSSR count). The zero-order valence-corrected chi connectivity index (χ0v) is 13.3. The Balaban J connectivity index is 0.00000256. The first-order valence-electron chi connectivity index (χ1n) is 4.94. The summed E-state index contributed by atoms with van der Waals surface area (Å²) in [5.74, 6) is 0.789. The van der Waals surface area contributed by atoms with Crippen LogP contribution in [-0.4, -0.2) is 24.0 Å². The molecule has 0 aliphatic rings. The Morgan fingerprint density at radius 2 is 2.29 bits per heavy atom. The number of anilines is 1. The molecule has 0 aliphatic carbocycles. The van der Waals surface area contributed by atoms with E-state index in [1.165, 1.54) is 0 Å². The summed E-state index contributed by atoms with van der Waals surface area (Å²) >= 11 is 3.90. The molecule has 6 heteroatoms. The van der Waals surface area contributed by atoms with Gasteiger partial charge in [0, 0.05) is 9.26 Å². The van der Waals surface area contributed by atoms with Crippen molar-refractivity contribution < 1.29 is 4.79 Å². The number of nitrogens with two attached hydrogens (primary N) is 1. The third-order valence-corrected chi connectivity index (χ3v) is 3.38. The Morgan fingerprint density at radius 1 is 1.59 bits per heavy atom. The third kappa shape index (κ3) is 6.49. The second kappa shape index (κ2) is 9.02. The lowest BCUT2D eigenvalue weighted by Crippen LogP contribution is -2.36. The first kappa shape index (κ1) is 17.0. The molecule has 0 unspecified atom stereocenters. The van der Waals surface area contributed by atoms with Gasteiger partial charge in [-0.1, -0.05) is 6.07 Å². The number of nitrogens with one attached hydrogen (secondary N) is 1. The van der Waals surface area contributed by atoms with Gasteiger partial charge in [-0.25, -0.2) is 0 Å². The van der Waals surface area contributed by atoms with Crippen LogP contribution in [-0.2, 0) is 4.79 Å². The van der Waals surface area contributed by atoms with Crippen LogP contribution in [0.4, 0.5) is 5.69 Å². The van der Waals surface area contributed by atoms with Crippen LogP contribution in [0.2, 0.25) is 0 Å². The van der Waals surface area contributed by atoms with E-state index in [1.807, 2.05) is 30.5 Å². The predicted molar refractivity (Wildman–Crippen MR) is 86.0 cm³/mol. The molecule has 1 atom stereocenters. The molecular weight excluding hydrogens is 371 g/mol. The summed E-state index contributed by atoms with van der Waals surface area (Å²) < 4.78 is 1.09. The van der Waals surface area contributed by atoms with Gasteiger partial charge in [0.1, 0.15) is 0 Å². The molecule has 0 saturated heterocycles. The van der Waals surface area contributed by atoms with Crippen molar-refractivity contribution >= 4 is 58.4 Å². The maximum Gasteiger partial charge on any atom is 0.241 e. The van der Waals surface area contributed by atoms with E-state index in [-0.39, 0.29) is 18.3 Å². The van der Waals surface area contributed by atoms with Crippen LogP contribution in [0, 0.1) is 3.57 Å². The Labute approximate surface area is 126 Å². The Kier molecular flexibility index (Phi) is 9.03. The number of halogens is 2. The van der Waals surface area contributed by atoms with Crippen LogP contribution in [0.3, 0.4) is 0 Å². The van der Waals surface area contributed by atoms with Crippen molar-refractivity contribution in [2.24, 2.45) is 5.73 Å². The Morgan fingerprint density at radius 3 is 2.88 bits per heavy atom. The molecule has 1 aromatic carbocycles. The summed E-state index contributed by atoms with van der Waals surface area (Å²) in [5, 5.41) is 2.81. The molecule has 0 bridgehead atoms. The number of thioether (sulfide) groups is 1. The predicted octanol–water partition coefficient (Wildman–Crippen LogP) is 2.73. The minimum Gasteiger partial charge on any atom is -0.325 e. The largest absolute Gasteiger partial charge is 0.325 e. The molecule has 0 saturated carbocycles. The van der Waals surface area contributed by atoms with Crippen LogP contribution in [0.5, 0.6) is 0 Å². The third-order valence-electron chi connectivity index (χ3n) is 2.06. The fourth-order valence-electron chi connectivity index (χ4n) is 1.18. The molecule has 3 N–H and O–H groups in total. The van der Waals surface area contributed by atoms with Crippen molar-refractivity contribution in [1.82, 2.24) is 0 Å². The first-order valence-corrected chi connectivity index (χ1v) is 7.41. The fraction of sp³-hybridized carbons (Fsp3) is 0.364. The van der Waals surface area contributed by atoms with Crippen LogP contribution >= 0.6 is 46.8 Å². The molecule has 0 radical (unpaired) electrons. The van der Waals surface area contributed by atoms with Gasteiger partial charge in [-0.2, -0.15) is 11.8 Å². The number of amides is 1. The van der Waals surface area contributed by atoms with Crippen LogP contribution in [0.15, 0.2) is 24.3 Å². The summed E-state index contributed by atoms with van der Waals surface area (Å²) in [6, 6.07) is 7.24. The average Bonchev–Trinajstić information content (AvgIpc) is 2.25. The van der Waals surface area contributed by atoms with E-state index in [2.05, 4.69) is 27.9 Å². The van der Waals surface area contributed by atoms with E-state index in [1.54, 1.807) is 11.8 Å². The fourth-order valence-corrected chi connectivity index (χ4v) is 2.21. The standard InChI is InChI=1S/C11H15IN2OS.ClH/c1-16-6-5-10(13)11(15)14-9-4-2-3-8(12)7-9;/h2-4,7,10H,5-6,13H2,1H3,(H,14,15);1H/t10-;/m0./s1. The second-order valence-electron chi connectivity index (χ2n) is 3.39. The number of hydrogen-bond acceptors (Lipinski definition) is 3. The van der Waals surface area contributed by atoms with E-state index in [0.717, 1.165) is 15.0 Å². The highest BCUT2D eigenvalue weighted by Crippen LogP contribution is 2.12. The molecule has 0 spiro atoms. The zero-order valence-electron chi connectivity index (χ0n) is 9.48. The Bertz CT molecular complexity index is 365. The monoisotopic (exact) mass is 386 g/mol. The van der Waals surface area contributed by atoms with Crippen molar-refractivity contribution in [1.29, 1.82) is 0 Å². The van der Waals surface area contributed by atoms with Gasteiger partial charge in [0.2, 0.25) is 5.91 Å². The highest BCUT2D eigenvalue weighted by Gasteiger charge is 2.12. The maximum atomic E-state index is 11.7. The van der Waals surface area contributed by atoms with Crippen LogP contribution in [0.1, 0.15) is 6.42 Å². The van der Waals surface area contributed by atoms with E-state index in [4.69, 9.17) is 5.73 Å². The number of carbonyl (C=O) groups is 1. The van der Waals surface area contributed by atoms with E-state index < -0.39 is 6.04 Å². The number of rotatable bonds is 5. The van der Waals surface area contributed by atoms with Gasteiger partial charge < -0.3 is 11.1 Å². The molecule has 0 aliphatic heterocycles. The van der Waals surface area contributed by atoms with Crippen molar-refractivity contribution in [2.75, 3.05) is 17.3 Å². The van der Waals surface area contributed by atoms with Gasteiger partial charge >= 0.3 is 0 Å². The molecule has 3 nitrogen and oxygen atoms in total. The Hall–Kier alpha value is 0.0200. The molecule has 17 heavy (non-hydrogen) atoms. The normalized spacial score (nSPS) is 11.5. The highest BCUT2D eigenvalue weighted by molar-refractivity contribution is 14.1. The van der Waals surface area contributed by atoms with Gasteiger partial charge in [0.25, 0.3) is 0 Å². The summed E-state index contributed by atoms with van der Waals surface area (Å²) in [6.45, 7) is 0. The minimum atomic E-state index is -0.426. The summed E-state index contributed by atoms with van der Waals surface area (Å²) in [6.07, 6.45) is 2.71. The van der Waals surface area contributed by atoms with E-state index in [0.29, 0.717) is 6.42 Å². The first-order chi connectivity index (χ1) is 7.63. The minimum absolute atomic E-state index is 0. The van der Waals surface area contributed by atoms with Crippen molar-refractivity contribution in [3.8, 4) is 0 Å². The quantitative estimate of drug-likeness (QED) is 0.765. The maximum absolute atomic E-state index is 11.7. The molecule has 0 fully saturated rings. The lowest BCUT2D eigenvalue weighted by Gasteiger charge is -2.11. The van der Waals surface area contributed by atoms with Crippen molar-refractivity contribution in [2.45, 2.75) is 12.5 Å². The second-order valence-corrected chi connectivity index (χ2v) is 5.62. The van der Waals surface area contributed by atoms with Crippen molar-refractivity contribution in [3.63, 3.8) is 0 Å². The van der Waals surface area contributed by atoms with Gasteiger partial charge in [0.05, 0.1) is 6.04 Å². The van der Waals surface area contributed by atoms with Crippen LogP contribution < -0.4 is 11.1 Å². The lowest BCUT2D eigenvalue weighted by atomic mass is 10.2. The van der Waals surface area contributed by atoms with E-state index >= 15 is 0 Å². The van der Waals surface area contributed by atoms with Gasteiger partial charge in [-0.15, -0.1) is 12.4 Å². The number of carbonyl (C=O) groups excluding carboxylic acids is 1. The lowest BCUT2D eigenvalue weighted by molar-refractivity contribution is -0.117. The number of hydrogen-bond donors (Lipinski definition) is 2. The average molecular weight is 387 g/mol. The molecule has 0 heterocycles. The molecular formula is C11H16ClIN2OS. The smallest absolute Gasteiger partial charge is 0.241 e. The van der Waals surface area contributed by atoms with Crippen LogP contribution in [0.25, 0.3) is 0 Å². The summed E-state index contributed by atoms with van der Waals surface area (Å²) in [5.41, 5.74) is 6.56. The number of benzene rings is 1. The van der Waals surface area contributed by atoms with Crippen molar-refractivity contribution in [3.05, 3.63) is 27.8 Å². The molecule has 0 aromatic heterocycles. The summed E-state index contributed by atoms with van der Waals surface area (Å²) in [4.78, 5) is 11.7. The topological polar surface area (TPSA) is 55.1 Å². The highest BCUT2D eigenvalue weighted by atomic mass is 127. The van der Waals surface area contributed by atoms with Gasteiger partial charge in [-0.3, -0.25) is 4.79 Å². The van der Waals surface area contributed by atoms with Gasteiger partial charge in [-0.05, 0) is 59.2 Å². The molecule has 1 aromatic rings. The zero-order chi connectivity index (χ0) is 12.0. The van der Waals surface area contributed by atoms with E-state index in [9.17, 15) is 4.79 Å².